The minimum absolute atomic E-state index is 0.147. The maximum atomic E-state index is 12.9. The smallest absolute Gasteiger partial charge is 0.295 e. The Morgan fingerprint density at radius 3 is 2.52 bits per heavy atom. The number of hydrogen-bond donors (Lipinski definition) is 2. The van der Waals surface area contributed by atoms with E-state index in [0.717, 1.165) is 11.3 Å². The first kappa shape index (κ1) is 21.1. The molecule has 1 amide bonds. The number of likely N-dealkylation sites (N-methyl/N-ethyl adjacent to an activating group) is 1. The van der Waals surface area contributed by atoms with E-state index in [4.69, 9.17) is 4.74 Å². The van der Waals surface area contributed by atoms with Crippen molar-refractivity contribution < 1.29 is 24.3 Å². The Morgan fingerprint density at radius 1 is 1.21 bits per heavy atom. The Hall–Kier alpha value is -2.64. The zero-order valence-corrected chi connectivity index (χ0v) is 17.8. The van der Waals surface area contributed by atoms with Gasteiger partial charge in [-0.15, -0.1) is 11.3 Å². The maximum absolute atomic E-state index is 12.9. The van der Waals surface area contributed by atoms with Crippen molar-refractivity contribution in [2.45, 2.75) is 19.4 Å². The van der Waals surface area contributed by atoms with Gasteiger partial charge in [-0.3, -0.25) is 9.59 Å². The van der Waals surface area contributed by atoms with Crippen molar-refractivity contribution in [3.63, 3.8) is 0 Å². The molecule has 1 fully saturated rings. The predicted octanol–water partition coefficient (Wildman–Crippen LogP) is 2.10. The van der Waals surface area contributed by atoms with Crippen molar-refractivity contribution >= 4 is 28.8 Å². The number of ether oxygens (including phenoxy) is 1. The van der Waals surface area contributed by atoms with Gasteiger partial charge >= 0.3 is 0 Å². The lowest BCUT2D eigenvalue weighted by Crippen LogP contribution is -3.06. The van der Waals surface area contributed by atoms with Crippen LogP contribution < -0.4 is 9.64 Å². The molecule has 0 aliphatic carbocycles. The van der Waals surface area contributed by atoms with E-state index >= 15 is 0 Å². The van der Waals surface area contributed by atoms with E-state index < -0.39 is 17.7 Å². The number of amides is 1. The number of ketones is 1. The van der Waals surface area contributed by atoms with E-state index in [1.807, 2.05) is 38.5 Å². The van der Waals surface area contributed by atoms with Crippen LogP contribution in [0.25, 0.3) is 5.76 Å². The summed E-state index contributed by atoms with van der Waals surface area (Å²) in [5, 5.41) is 12.9. The van der Waals surface area contributed by atoms with E-state index in [9.17, 15) is 14.7 Å². The predicted molar refractivity (Wildman–Crippen MR) is 113 cm³/mol. The lowest BCUT2D eigenvalue weighted by atomic mass is 10.00. The van der Waals surface area contributed by atoms with Crippen LogP contribution >= 0.6 is 11.3 Å². The van der Waals surface area contributed by atoms with Gasteiger partial charge in [0.15, 0.2) is 0 Å². The van der Waals surface area contributed by atoms with Crippen LogP contribution in [0, 0.1) is 0 Å². The third kappa shape index (κ3) is 4.52. The zero-order chi connectivity index (χ0) is 21.0. The normalized spacial score (nSPS) is 18.6. The number of carbonyl (C=O) groups excluding carboxylic acids is 2. The van der Waals surface area contributed by atoms with Crippen molar-refractivity contribution in [2.75, 3.05) is 33.8 Å². The highest BCUT2D eigenvalue weighted by atomic mass is 32.1. The van der Waals surface area contributed by atoms with Crippen LogP contribution in [-0.4, -0.2) is 55.5 Å². The summed E-state index contributed by atoms with van der Waals surface area (Å²) in [5.74, 6) is -0.647. The van der Waals surface area contributed by atoms with Crippen molar-refractivity contribution in [3.05, 3.63) is 57.8 Å². The van der Waals surface area contributed by atoms with Crippen LogP contribution in [0.2, 0.25) is 0 Å². The molecule has 1 aliphatic rings. The summed E-state index contributed by atoms with van der Waals surface area (Å²) < 4.78 is 5.58. The second-order valence-electron chi connectivity index (χ2n) is 7.34. The molecule has 2 heterocycles. The van der Waals surface area contributed by atoms with E-state index in [0.29, 0.717) is 31.0 Å². The number of aliphatic hydroxyl groups excluding tert-OH is 1. The molecule has 0 unspecified atom stereocenters. The van der Waals surface area contributed by atoms with Gasteiger partial charge in [-0.1, -0.05) is 13.0 Å². The molecule has 1 aromatic heterocycles. The first-order chi connectivity index (χ1) is 13.9. The Labute approximate surface area is 175 Å². The second-order valence-corrected chi connectivity index (χ2v) is 8.32. The minimum atomic E-state index is -0.638. The van der Waals surface area contributed by atoms with Gasteiger partial charge in [-0.2, -0.15) is 0 Å². The van der Waals surface area contributed by atoms with Gasteiger partial charge < -0.3 is 19.6 Å². The second kappa shape index (κ2) is 9.24. The number of aliphatic hydroxyl groups is 1. The minimum Gasteiger partial charge on any atom is -0.507 e. The zero-order valence-electron chi connectivity index (χ0n) is 17.0. The van der Waals surface area contributed by atoms with Crippen LogP contribution in [0.1, 0.15) is 29.8 Å². The Balaban J connectivity index is 1.99. The molecule has 3 rings (SSSR count). The molecule has 1 aromatic carbocycles. The van der Waals surface area contributed by atoms with Crippen LogP contribution in [-0.2, 0) is 9.59 Å². The third-order valence-corrected chi connectivity index (χ3v) is 5.73. The molecule has 1 aliphatic heterocycles. The van der Waals surface area contributed by atoms with Crippen LogP contribution in [0.15, 0.2) is 47.4 Å². The fourth-order valence-electron chi connectivity index (χ4n) is 3.28. The molecule has 2 aromatic rings. The van der Waals surface area contributed by atoms with Crippen LogP contribution in [0.4, 0.5) is 0 Å². The number of quaternary nitrogens is 1. The molecule has 154 valence electrons. The number of thiophene rings is 1. The molecular weight excluding hydrogens is 388 g/mol. The van der Waals surface area contributed by atoms with Gasteiger partial charge in [0.2, 0.25) is 0 Å². The molecular formula is C22H27N2O4S+. The number of benzene rings is 1. The summed E-state index contributed by atoms with van der Waals surface area (Å²) in [5.41, 5.74) is 0.639. The molecule has 0 spiro atoms. The fraction of sp³-hybridized carbons (Fsp3) is 0.364. The quantitative estimate of drug-likeness (QED) is 0.394. The molecule has 1 atom stereocenters. The summed E-state index contributed by atoms with van der Waals surface area (Å²) >= 11 is 1.47. The standard InChI is InChI=1S/C22H26N2O4S/c1-4-13-28-16-9-7-15(8-10-16)20(25)18-19(17-6-5-14-29-17)24(12-11-23(2)3)22(27)21(18)26/h5-10,14,19,25H,4,11-13H2,1-3H3/p+1/t19-/m0/s1. The Bertz CT molecular complexity index is 888. The van der Waals surface area contributed by atoms with Gasteiger partial charge in [-0.05, 0) is 42.1 Å². The molecule has 0 bridgehead atoms. The van der Waals surface area contributed by atoms with Crippen molar-refractivity contribution in [3.8, 4) is 5.75 Å². The van der Waals surface area contributed by atoms with Crippen molar-refractivity contribution in [2.24, 2.45) is 0 Å². The summed E-state index contributed by atoms with van der Waals surface area (Å²) in [6.45, 7) is 3.79. The number of carbonyl (C=O) groups is 2. The third-order valence-electron chi connectivity index (χ3n) is 4.81. The molecule has 0 saturated carbocycles. The number of nitrogens with zero attached hydrogens (tertiary/aromatic N) is 1. The lowest BCUT2D eigenvalue weighted by molar-refractivity contribution is -0.857. The van der Waals surface area contributed by atoms with Gasteiger partial charge in [-0.25, -0.2) is 0 Å². The van der Waals surface area contributed by atoms with E-state index in [1.165, 1.54) is 16.2 Å². The highest BCUT2D eigenvalue weighted by Crippen LogP contribution is 2.40. The summed E-state index contributed by atoms with van der Waals surface area (Å²) in [4.78, 5) is 29.2. The number of likely N-dealkylation sites (tertiary alicyclic amines) is 1. The highest BCUT2D eigenvalue weighted by Gasteiger charge is 2.46. The van der Waals surface area contributed by atoms with E-state index in [1.54, 1.807) is 29.2 Å². The summed E-state index contributed by atoms with van der Waals surface area (Å²) in [6, 6.07) is 10.2. The number of hydrogen-bond acceptors (Lipinski definition) is 5. The molecule has 0 radical (unpaired) electrons. The molecule has 29 heavy (non-hydrogen) atoms. The monoisotopic (exact) mass is 415 g/mol. The maximum Gasteiger partial charge on any atom is 0.295 e. The molecule has 1 saturated heterocycles. The van der Waals surface area contributed by atoms with Gasteiger partial charge in [0.25, 0.3) is 11.7 Å². The highest BCUT2D eigenvalue weighted by molar-refractivity contribution is 7.10. The Kier molecular flexibility index (Phi) is 6.71. The molecule has 6 nitrogen and oxygen atoms in total. The Morgan fingerprint density at radius 2 is 1.93 bits per heavy atom. The summed E-state index contributed by atoms with van der Waals surface area (Å²) in [6.07, 6.45) is 0.903. The van der Waals surface area contributed by atoms with Crippen molar-refractivity contribution in [1.82, 2.24) is 4.90 Å². The molecule has 2 N–H and O–H groups in total. The fourth-order valence-corrected chi connectivity index (χ4v) is 4.13. The summed E-state index contributed by atoms with van der Waals surface area (Å²) in [7, 11) is 4.00. The SMILES string of the molecule is CCCOc1ccc(C(O)=C2C(=O)C(=O)N(CC[NH+](C)C)[C@H]2c2cccs2)cc1. The average molecular weight is 416 g/mol. The van der Waals surface area contributed by atoms with Crippen LogP contribution in [0.3, 0.4) is 0 Å². The first-order valence-electron chi connectivity index (χ1n) is 9.78. The van der Waals surface area contributed by atoms with Gasteiger partial charge in [0, 0.05) is 10.4 Å². The van der Waals surface area contributed by atoms with Crippen LogP contribution in [0.5, 0.6) is 5.75 Å². The van der Waals surface area contributed by atoms with Gasteiger partial charge in [0.05, 0.1) is 45.4 Å². The van der Waals surface area contributed by atoms with E-state index in [2.05, 4.69) is 0 Å². The number of Topliss-reactive ketones (excluding diaryl/α,β-unsaturated/α-hetero) is 1. The number of rotatable bonds is 8. The topological polar surface area (TPSA) is 71.3 Å². The molecule has 7 heteroatoms. The van der Waals surface area contributed by atoms with Crippen molar-refractivity contribution in [1.29, 1.82) is 0 Å². The largest absolute Gasteiger partial charge is 0.507 e. The average Bonchev–Trinajstić information content (AvgIpc) is 3.32. The lowest BCUT2D eigenvalue weighted by Gasteiger charge is -2.24. The first-order valence-corrected chi connectivity index (χ1v) is 10.7. The van der Waals surface area contributed by atoms with Gasteiger partial charge in [0.1, 0.15) is 11.5 Å². The van der Waals surface area contributed by atoms with E-state index in [-0.39, 0.29) is 11.3 Å². The number of nitrogens with one attached hydrogen (secondary N) is 1.